The Labute approximate surface area is 556 Å². The molecule has 4 rings (SSSR count). The first-order valence-electron chi connectivity index (χ1n) is 32.6. The van der Waals surface area contributed by atoms with Gasteiger partial charge in [-0.15, -0.1) is 0 Å². The summed E-state index contributed by atoms with van der Waals surface area (Å²) in [6.07, 6.45) is 0.366. The average molecular weight is 1290 g/mol. The van der Waals surface area contributed by atoms with Gasteiger partial charge in [0.25, 0.3) is 0 Å². The summed E-state index contributed by atoms with van der Waals surface area (Å²) in [4.78, 5) is 78.9. The number of rotatable bonds is 20. The van der Waals surface area contributed by atoms with Crippen LogP contribution in [0.2, 0.25) is 0 Å². The zero-order valence-electron chi connectivity index (χ0n) is 61.6. The third kappa shape index (κ3) is 20.3. The highest BCUT2D eigenvalue weighted by Crippen LogP contribution is 2.45. The van der Waals surface area contributed by atoms with Crippen LogP contribution in [-0.4, -0.2) is 67.2 Å². The molecule has 0 bridgehead atoms. The Bertz CT molecular complexity index is 2930. The number of oxime groups is 4. The van der Waals surface area contributed by atoms with Gasteiger partial charge in [-0.2, -0.15) is 0 Å². The number of carbonyl (C=O) groups excluding carboxylic acids is 4. The van der Waals surface area contributed by atoms with E-state index in [0.717, 1.165) is 66.8 Å². The van der Waals surface area contributed by atoms with Crippen molar-refractivity contribution in [3.05, 3.63) is 115 Å². The molecule has 4 N–H and O–H groups in total. The van der Waals surface area contributed by atoms with Gasteiger partial charge in [0.05, 0.1) is 48.5 Å². The number of aromatic hydroxyl groups is 4. The Kier molecular flexibility index (Phi) is 24.4. The smallest absolute Gasteiger partial charge is 0.335 e. The highest BCUT2D eigenvalue weighted by atomic mass is 16.7. The minimum absolute atomic E-state index is 0.0621. The highest BCUT2D eigenvalue weighted by molar-refractivity contribution is 6.41. The Morgan fingerprint density at radius 3 is 0.527 bits per heavy atom. The van der Waals surface area contributed by atoms with Gasteiger partial charge in [-0.05, 0) is 163 Å². The number of benzene rings is 4. The maximum Gasteiger partial charge on any atom is 0.335 e. The van der Waals surface area contributed by atoms with Crippen molar-refractivity contribution in [1.82, 2.24) is 0 Å². The van der Waals surface area contributed by atoms with Crippen LogP contribution >= 0.6 is 0 Å². The number of phenolic OH excluding ortho intramolecular Hbond substituents is 4. The third-order valence-corrected chi connectivity index (χ3v) is 16.9. The van der Waals surface area contributed by atoms with Crippen LogP contribution < -0.4 is 0 Å². The molecule has 4 aromatic rings. The van der Waals surface area contributed by atoms with Gasteiger partial charge in [-0.3, -0.25) is 0 Å². The van der Waals surface area contributed by atoms with Gasteiger partial charge in [-0.25, -0.2) is 19.2 Å². The first-order valence-corrected chi connectivity index (χ1v) is 32.6. The predicted octanol–water partition coefficient (Wildman–Crippen LogP) is 17.4. The van der Waals surface area contributed by atoms with Gasteiger partial charge in [0.2, 0.25) is 0 Å². The monoisotopic (exact) mass is 1280 g/mol. The zero-order chi connectivity index (χ0) is 71.3. The molecule has 512 valence electrons. The summed E-state index contributed by atoms with van der Waals surface area (Å²) < 4.78 is 0. The van der Waals surface area contributed by atoms with Gasteiger partial charge in [0.15, 0.2) is 0 Å². The molecule has 0 fully saturated rings. The first-order chi connectivity index (χ1) is 42.1. The number of carbonyl (C=O) groups is 4. The molecule has 93 heavy (non-hydrogen) atoms. The van der Waals surface area contributed by atoms with Crippen LogP contribution in [0.25, 0.3) is 0 Å². The van der Waals surface area contributed by atoms with Crippen molar-refractivity contribution in [1.29, 1.82) is 0 Å². The van der Waals surface area contributed by atoms with Crippen molar-refractivity contribution >= 4 is 46.7 Å². The van der Waals surface area contributed by atoms with Crippen molar-refractivity contribution in [2.24, 2.45) is 26.0 Å². The van der Waals surface area contributed by atoms with E-state index < -0.39 is 72.6 Å². The second-order valence-corrected chi connectivity index (χ2v) is 33.5. The predicted molar refractivity (Wildman–Crippen MR) is 375 cm³/mol. The lowest BCUT2D eigenvalue weighted by Gasteiger charge is -2.31. The molecule has 0 aliphatic heterocycles. The molecule has 0 saturated heterocycles. The van der Waals surface area contributed by atoms with Gasteiger partial charge in [-0.1, -0.05) is 235 Å². The Morgan fingerprint density at radius 1 is 0.280 bits per heavy atom. The fourth-order valence-corrected chi connectivity index (χ4v) is 11.4. The number of hydrogen-bond acceptors (Lipinski definition) is 16. The molecule has 0 saturated carbocycles. The lowest BCUT2D eigenvalue weighted by molar-refractivity contribution is -0.144. The SMILES string of the molecule is CC(=NOC(=O)CCc1cc(C(C)(C)C)c(O)c(C(C)(C)C)c1)C(C(C)=NOC(=O)CCc1cc(C(C)(C)C)c(O)c(C(C)(C)C)c1)(C(C)=NOC(=O)CCc1cc(C(C)(C)C)c(O)c(C(C)(C)C)c1)C(C)=NOC(=O)CCc1cc(C(C)(C)C)c(O)c(C(C)(C)C)c1. The van der Waals surface area contributed by atoms with E-state index in [1.165, 1.54) is 27.7 Å². The van der Waals surface area contributed by atoms with Crippen molar-refractivity contribution in [2.45, 2.75) is 289 Å². The van der Waals surface area contributed by atoms with Gasteiger partial charge in [0, 0.05) is 0 Å². The quantitative estimate of drug-likeness (QED) is 0.0367. The number of hydrogen-bond donors (Lipinski definition) is 4. The maximum absolute atomic E-state index is 14.0. The van der Waals surface area contributed by atoms with Crippen LogP contribution in [0.1, 0.15) is 286 Å². The summed E-state index contributed by atoms with van der Waals surface area (Å²) in [5.41, 5.74) is 3.47. The molecule has 0 atom stereocenters. The van der Waals surface area contributed by atoms with E-state index in [9.17, 15) is 39.6 Å². The Hall–Kier alpha value is -7.36. The van der Waals surface area contributed by atoms with Crippen molar-refractivity contribution in [3.8, 4) is 23.0 Å². The molecule has 0 aromatic heterocycles. The average Bonchev–Trinajstić information content (AvgIpc) is 0.800. The standard InChI is InChI=1S/C77H112N4O12/c1-45(78-90-61(82)33-29-49-37-53(69(5,6)7)65(86)54(38-49)70(8,9)10)77(46(2)79-91-62(83)34-30-50-39-55(71(11,12)13)66(87)56(40-50)72(14,15)16,47(3)80-92-63(84)35-31-51-41-57(73(17,18)19)67(88)58(42-51)74(20,21)22)48(4)81-93-64(85)36-32-52-43-59(75(23,24)25)68(89)60(44-52)76(26,27)28/h37-44,86-89H,29-36H2,1-28H3. The number of phenols is 4. The highest BCUT2D eigenvalue weighted by Gasteiger charge is 2.47. The van der Waals surface area contributed by atoms with Gasteiger partial charge >= 0.3 is 23.9 Å². The summed E-state index contributed by atoms with van der Waals surface area (Å²) >= 11 is 0. The van der Waals surface area contributed by atoms with E-state index in [4.69, 9.17) is 19.4 Å². The zero-order valence-corrected chi connectivity index (χ0v) is 61.6. The molecule has 0 aliphatic rings. The second kappa shape index (κ2) is 29.1. The molecular formula is C77H112N4O12. The van der Waals surface area contributed by atoms with Crippen LogP contribution in [-0.2, 0) is 108 Å². The number of aryl methyl sites for hydroxylation is 4. The van der Waals surface area contributed by atoms with E-state index >= 15 is 0 Å². The first kappa shape index (κ1) is 78.1. The summed E-state index contributed by atoms with van der Waals surface area (Å²) in [6, 6.07) is 15.2. The minimum atomic E-state index is -2.00. The fourth-order valence-electron chi connectivity index (χ4n) is 11.4. The van der Waals surface area contributed by atoms with Crippen LogP contribution in [0.15, 0.2) is 69.2 Å². The van der Waals surface area contributed by atoms with E-state index in [0.29, 0.717) is 0 Å². The molecular weight excluding hydrogens is 1170 g/mol. The van der Waals surface area contributed by atoms with Crippen LogP contribution in [0.4, 0.5) is 0 Å². The normalized spacial score (nSPS) is 14.4. The van der Waals surface area contributed by atoms with E-state index in [2.05, 4.69) is 20.6 Å². The van der Waals surface area contributed by atoms with Crippen LogP contribution in [0, 0.1) is 5.41 Å². The molecule has 0 amide bonds. The lowest BCUT2D eigenvalue weighted by atomic mass is 9.71. The van der Waals surface area contributed by atoms with Crippen molar-refractivity contribution in [3.63, 3.8) is 0 Å². The molecule has 0 unspecified atom stereocenters. The fraction of sp³-hybridized carbons (Fsp3) is 0.584. The van der Waals surface area contributed by atoms with E-state index in [1.807, 2.05) is 215 Å². The van der Waals surface area contributed by atoms with E-state index in [1.54, 1.807) is 0 Å². The maximum atomic E-state index is 14.0. The summed E-state index contributed by atoms with van der Waals surface area (Å²) in [5.74, 6) is -2.11. The van der Waals surface area contributed by atoms with E-state index in [-0.39, 0.29) is 97.2 Å². The third-order valence-electron chi connectivity index (χ3n) is 16.9. The lowest BCUT2D eigenvalue weighted by Crippen LogP contribution is -2.49. The molecule has 16 nitrogen and oxygen atoms in total. The molecule has 0 aliphatic carbocycles. The topological polar surface area (TPSA) is 236 Å². The van der Waals surface area contributed by atoms with Crippen molar-refractivity contribution < 1.29 is 59.0 Å². The summed E-state index contributed by atoms with van der Waals surface area (Å²) in [6.45, 7) is 54.2. The minimum Gasteiger partial charge on any atom is -0.507 e. The number of nitrogens with zero attached hydrogens (tertiary/aromatic N) is 4. The molecule has 16 heteroatoms. The molecule has 0 spiro atoms. The van der Waals surface area contributed by atoms with Gasteiger partial charge < -0.3 is 39.8 Å². The summed E-state index contributed by atoms with van der Waals surface area (Å²) in [5, 5.41) is 63.3. The Morgan fingerprint density at radius 2 is 0.409 bits per heavy atom. The molecule has 0 heterocycles. The Balaban J connectivity index is 1.91. The second-order valence-electron chi connectivity index (χ2n) is 33.5. The summed E-state index contributed by atoms with van der Waals surface area (Å²) in [7, 11) is 0. The largest absolute Gasteiger partial charge is 0.507 e. The van der Waals surface area contributed by atoms with Crippen molar-refractivity contribution in [2.75, 3.05) is 0 Å². The van der Waals surface area contributed by atoms with Crippen LogP contribution in [0.5, 0.6) is 23.0 Å². The van der Waals surface area contributed by atoms with Gasteiger partial charge in [0.1, 0.15) is 28.4 Å². The molecule has 0 radical (unpaired) electrons. The van der Waals surface area contributed by atoms with Crippen LogP contribution in [0.3, 0.4) is 0 Å². The molecule has 4 aromatic carbocycles.